The van der Waals surface area contributed by atoms with E-state index in [9.17, 15) is 4.79 Å². The van der Waals surface area contributed by atoms with E-state index in [1.165, 1.54) is 0 Å². The van der Waals surface area contributed by atoms with Crippen molar-refractivity contribution in [2.75, 3.05) is 0 Å². The molecule has 1 heterocycles. The Morgan fingerprint density at radius 2 is 1.47 bits per heavy atom. The normalized spacial score (nSPS) is 15.4. The first-order valence-corrected chi connectivity index (χ1v) is 11.1. The lowest BCUT2D eigenvalue weighted by Crippen LogP contribution is -2.28. The SMILES string of the molecule is Cc1ccccc1N=NC(=C1C=C(C(C)(C)C)C(=O)C(C(C)(C)C)=C1)c1cccs1. The summed E-state index contributed by atoms with van der Waals surface area (Å²) in [5.41, 5.74) is 4.75. The second kappa shape index (κ2) is 8.27. The van der Waals surface area contributed by atoms with E-state index < -0.39 is 0 Å². The maximum Gasteiger partial charge on any atom is 0.186 e. The van der Waals surface area contributed by atoms with E-state index in [-0.39, 0.29) is 16.6 Å². The van der Waals surface area contributed by atoms with E-state index in [0.29, 0.717) is 0 Å². The van der Waals surface area contributed by atoms with Crippen LogP contribution < -0.4 is 0 Å². The van der Waals surface area contributed by atoms with Gasteiger partial charge in [0.2, 0.25) is 0 Å². The highest BCUT2D eigenvalue weighted by Gasteiger charge is 2.34. The van der Waals surface area contributed by atoms with Crippen molar-refractivity contribution in [1.82, 2.24) is 0 Å². The van der Waals surface area contributed by atoms with Crippen molar-refractivity contribution in [3.05, 3.63) is 81.1 Å². The first-order valence-electron chi connectivity index (χ1n) is 10.2. The van der Waals surface area contributed by atoms with Crippen molar-refractivity contribution in [1.29, 1.82) is 0 Å². The van der Waals surface area contributed by atoms with Gasteiger partial charge in [0.15, 0.2) is 5.78 Å². The van der Waals surface area contributed by atoms with Crippen LogP contribution in [0.4, 0.5) is 5.69 Å². The highest BCUT2D eigenvalue weighted by Crippen LogP contribution is 2.41. The maximum absolute atomic E-state index is 13.3. The average Bonchev–Trinajstić information content (AvgIpc) is 3.16. The Morgan fingerprint density at radius 3 is 1.97 bits per heavy atom. The van der Waals surface area contributed by atoms with E-state index in [2.05, 4.69) is 52.7 Å². The molecule has 0 bridgehead atoms. The Morgan fingerprint density at radius 1 is 0.867 bits per heavy atom. The number of thiophene rings is 1. The van der Waals surface area contributed by atoms with Gasteiger partial charge in [0, 0.05) is 16.7 Å². The minimum absolute atomic E-state index is 0.125. The van der Waals surface area contributed by atoms with Crippen LogP contribution in [0.1, 0.15) is 52.0 Å². The van der Waals surface area contributed by atoms with Crippen molar-refractivity contribution in [3.8, 4) is 0 Å². The van der Waals surface area contributed by atoms with Gasteiger partial charge in [-0.1, -0.05) is 65.8 Å². The van der Waals surface area contributed by atoms with Crippen LogP contribution >= 0.6 is 11.3 Å². The van der Waals surface area contributed by atoms with Crippen LogP contribution in [0, 0.1) is 17.8 Å². The number of carbonyl (C=O) groups excluding carboxylic acids is 1. The van der Waals surface area contributed by atoms with Crippen LogP contribution in [0.2, 0.25) is 0 Å². The Labute approximate surface area is 184 Å². The van der Waals surface area contributed by atoms with Gasteiger partial charge in [0.1, 0.15) is 5.70 Å². The Hall–Kier alpha value is -2.59. The van der Waals surface area contributed by atoms with Gasteiger partial charge in [0.05, 0.1) is 10.6 Å². The highest BCUT2D eigenvalue weighted by molar-refractivity contribution is 7.11. The average molecular weight is 419 g/mol. The number of hydrogen-bond donors (Lipinski definition) is 0. The fourth-order valence-electron chi connectivity index (χ4n) is 3.32. The minimum atomic E-state index is -0.263. The summed E-state index contributed by atoms with van der Waals surface area (Å²) in [6.45, 7) is 14.5. The third kappa shape index (κ3) is 4.76. The number of hydrogen-bond acceptors (Lipinski definition) is 4. The second-order valence-corrected chi connectivity index (χ2v) is 10.7. The molecule has 1 aliphatic rings. The van der Waals surface area contributed by atoms with Crippen LogP contribution in [0.25, 0.3) is 5.70 Å². The number of carbonyl (C=O) groups is 1. The molecule has 0 unspecified atom stereocenters. The molecule has 1 aromatic heterocycles. The summed E-state index contributed by atoms with van der Waals surface area (Å²) in [6.07, 6.45) is 4.01. The molecule has 4 heteroatoms. The highest BCUT2D eigenvalue weighted by atomic mass is 32.1. The molecular formula is C26H30N2OS. The number of nitrogens with zero attached hydrogens (tertiary/aromatic N) is 2. The van der Waals surface area contributed by atoms with Crippen LogP contribution in [-0.4, -0.2) is 5.78 Å². The lowest BCUT2D eigenvalue weighted by Gasteiger charge is -2.31. The number of ketones is 1. The first-order chi connectivity index (χ1) is 14.0. The number of allylic oxidation sites excluding steroid dienone is 5. The van der Waals surface area contributed by atoms with Gasteiger partial charge < -0.3 is 0 Å². The smallest absolute Gasteiger partial charge is 0.186 e. The maximum atomic E-state index is 13.3. The third-order valence-electron chi connectivity index (χ3n) is 5.11. The molecular weight excluding hydrogens is 388 g/mol. The van der Waals surface area contributed by atoms with Crippen LogP contribution in [0.15, 0.2) is 80.9 Å². The zero-order valence-corrected chi connectivity index (χ0v) is 19.7. The topological polar surface area (TPSA) is 41.8 Å². The number of Topliss-reactive ketones (excluding diaryl/α,β-unsaturated/α-hetero) is 1. The summed E-state index contributed by atoms with van der Waals surface area (Å²) in [5.74, 6) is 0.125. The monoisotopic (exact) mass is 418 g/mol. The van der Waals surface area contributed by atoms with Gasteiger partial charge in [0.25, 0.3) is 0 Å². The van der Waals surface area contributed by atoms with Crippen LogP contribution in [0.5, 0.6) is 0 Å². The quantitative estimate of drug-likeness (QED) is 0.464. The molecule has 0 amide bonds. The zero-order valence-electron chi connectivity index (χ0n) is 18.9. The van der Waals surface area contributed by atoms with E-state index >= 15 is 0 Å². The molecule has 1 aromatic carbocycles. The number of aryl methyl sites for hydroxylation is 1. The van der Waals surface area contributed by atoms with E-state index in [0.717, 1.165) is 38.5 Å². The molecule has 0 aliphatic heterocycles. The number of benzene rings is 1. The second-order valence-electron chi connectivity index (χ2n) is 9.71. The first kappa shape index (κ1) is 22.1. The third-order valence-corrected chi connectivity index (χ3v) is 5.98. The summed E-state index contributed by atoms with van der Waals surface area (Å²) < 4.78 is 0. The lowest BCUT2D eigenvalue weighted by atomic mass is 9.71. The molecule has 30 heavy (non-hydrogen) atoms. The Balaban J connectivity index is 2.26. The summed E-state index contributed by atoms with van der Waals surface area (Å²) in [6, 6.07) is 12.0. The lowest BCUT2D eigenvalue weighted by molar-refractivity contribution is -0.114. The molecule has 3 nitrogen and oxygen atoms in total. The predicted molar refractivity (Wildman–Crippen MR) is 127 cm³/mol. The molecule has 0 N–H and O–H groups in total. The summed E-state index contributed by atoms with van der Waals surface area (Å²) >= 11 is 1.63. The van der Waals surface area contributed by atoms with Gasteiger partial charge >= 0.3 is 0 Å². The molecule has 1 aliphatic carbocycles. The zero-order chi connectivity index (χ0) is 22.1. The molecule has 0 fully saturated rings. The standard InChI is InChI=1S/C26H30N2OS/c1-17-11-8-9-12-21(17)27-28-23(22-13-10-14-30-22)18-15-19(25(2,3)4)24(29)20(16-18)26(5,6)7/h8-16H,1-7H3. The minimum Gasteiger partial charge on any atom is -0.289 e. The van der Waals surface area contributed by atoms with Gasteiger partial charge in [-0.25, -0.2) is 0 Å². The van der Waals surface area contributed by atoms with E-state index in [4.69, 9.17) is 5.11 Å². The van der Waals surface area contributed by atoms with Gasteiger partial charge in [-0.15, -0.1) is 16.5 Å². The summed E-state index contributed by atoms with van der Waals surface area (Å²) in [5, 5.41) is 11.3. The molecule has 0 atom stereocenters. The van der Waals surface area contributed by atoms with E-state index in [1.807, 2.05) is 54.8 Å². The van der Waals surface area contributed by atoms with E-state index in [1.54, 1.807) is 11.3 Å². The molecule has 0 radical (unpaired) electrons. The predicted octanol–water partition coefficient (Wildman–Crippen LogP) is 8.08. The fourth-order valence-corrected chi connectivity index (χ4v) is 4.05. The van der Waals surface area contributed by atoms with Crippen molar-refractivity contribution < 1.29 is 4.79 Å². The summed E-state index contributed by atoms with van der Waals surface area (Å²) in [7, 11) is 0. The van der Waals surface area contributed by atoms with Gasteiger partial charge in [-0.3, -0.25) is 4.79 Å². The number of azo groups is 1. The van der Waals surface area contributed by atoms with Gasteiger partial charge in [-0.2, -0.15) is 5.11 Å². The molecule has 3 rings (SSSR count). The number of rotatable bonds is 3. The van der Waals surface area contributed by atoms with Gasteiger partial charge in [-0.05, 0) is 53.0 Å². The Bertz CT molecular complexity index is 1030. The van der Waals surface area contributed by atoms with Crippen molar-refractivity contribution >= 4 is 28.5 Å². The molecule has 0 saturated carbocycles. The molecule has 156 valence electrons. The van der Waals surface area contributed by atoms with Crippen LogP contribution in [-0.2, 0) is 4.79 Å². The van der Waals surface area contributed by atoms with Crippen LogP contribution in [0.3, 0.4) is 0 Å². The fraction of sp³-hybridized carbons (Fsp3) is 0.346. The molecule has 0 saturated heterocycles. The van der Waals surface area contributed by atoms with Crippen molar-refractivity contribution in [2.45, 2.75) is 48.5 Å². The molecule has 0 spiro atoms. The van der Waals surface area contributed by atoms with Crippen molar-refractivity contribution in [3.63, 3.8) is 0 Å². The Kier molecular flexibility index (Phi) is 6.09. The largest absolute Gasteiger partial charge is 0.289 e. The van der Waals surface area contributed by atoms with Crippen molar-refractivity contribution in [2.24, 2.45) is 21.1 Å². The molecule has 2 aromatic rings. The summed E-state index contributed by atoms with van der Waals surface area (Å²) in [4.78, 5) is 14.3.